The zero-order valence-electron chi connectivity index (χ0n) is 11.7. The fraction of sp³-hybridized carbons (Fsp3) is 0.400. The van der Waals surface area contributed by atoms with Crippen molar-refractivity contribution in [1.29, 1.82) is 0 Å². The first-order valence-electron chi connectivity index (χ1n) is 6.31. The van der Waals surface area contributed by atoms with E-state index >= 15 is 0 Å². The molecule has 2 rings (SSSR count). The Balaban J connectivity index is 2.68. The van der Waals surface area contributed by atoms with Crippen LogP contribution in [0.1, 0.15) is 30.5 Å². The second-order valence-electron chi connectivity index (χ2n) is 4.91. The van der Waals surface area contributed by atoms with Crippen LogP contribution in [0.2, 0.25) is 0 Å². The molecule has 1 unspecified atom stereocenters. The zero-order valence-corrected chi connectivity index (χ0v) is 11.7. The number of nitrogens with zero attached hydrogens (tertiary/aromatic N) is 1. The molecule has 0 saturated carbocycles. The van der Waals surface area contributed by atoms with Gasteiger partial charge in [-0.3, -0.25) is 4.79 Å². The van der Waals surface area contributed by atoms with Gasteiger partial charge >= 0.3 is 5.97 Å². The molecule has 4 nitrogen and oxygen atoms in total. The van der Waals surface area contributed by atoms with E-state index in [9.17, 15) is 4.79 Å². The third-order valence-electron chi connectivity index (χ3n) is 3.71. The Labute approximate surface area is 112 Å². The van der Waals surface area contributed by atoms with E-state index in [4.69, 9.17) is 9.84 Å². The van der Waals surface area contributed by atoms with Crippen molar-refractivity contribution in [1.82, 2.24) is 4.57 Å². The number of rotatable bonds is 4. The number of hydrogen-bond acceptors (Lipinski definition) is 2. The molecule has 0 spiro atoms. The van der Waals surface area contributed by atoms with Crippen LogP contribution >= 0.6 is 0 Å². The van der Waals surface area contributed by atoms with E-state index in [2.05, 4.69) is 4.57 Å². The van der Waals surface area contributed by atoms with Gasteiger partial charge in [-0.2, -0.15) is 0 Å². The summed E-state index contributed by atoms with van der Waals surface area (Å²) in [7, 11) is 3.63. The largest absolute Gasteiger partial charge is 0.495 e. The summed E-state index contributed by atoms with van der Waals surface area (Å²) in [6.45, 7) is 3.97. The van der Waals surface area contributed by atoms with E-state index in [-0.39, 0.29) is 12.3 Å². The fourth-order valence-corrected chi connectivity index (χ4v) is 2.78. The van der Waals surface area contributed by atoms with E-state index in [0.29, 0.717) is 0 Å². The Bertz CT molecular complexity index is 628. The molecule has 1 N–H and O–H groups in total. The van der Waals surface area contributed by atoms with E-state index in [0.717, 1.165) is 27.9 Å². The maximum absolute atomic E-state index is 10.9. The number of ether oxygens (including phenoxy) is 1. The molecular formula is C15H19NO3. The van der Waals surface area contributed by atoms with Crippen LogP contribution < -0.4 is 4.74 Å². The maximum Gasteiger partial charge on any atom is 0.303 e. The molecule has 0 radical (unpaired) electrons. The monoisotopic (exact) mass is 261 g/mol. The Hall–Kier alpha value is -1.97. The van der Waals surface area contributed by atoms with Gasteiger partial charge in [-0.1, -0.05) is 19.1 Å². The standard InChI is InChI=1S/C15H19NO3/c1-9(8-13(17)18)14-10(2)16(3)15-11(14)6-5-7-12(15)19-4/h5-7,9H,8H2,1-4H3,(H,17,18). The lowest BCUT2D eigenvalue weighted by atomic mass is 9.95. The van der Waals surface area contributed by atoms with Crippen LogP contribution in [0.4, 0.5) is 0 Å². The third kappa shape index (κ3) is 2.18. The van der Waals surface area contributed by atoms with Crippen LogP contribution in [0.15, 0.2) is 18.2 Å². The number of carboxylic acids is 1. The van der Waals surface area contributed by atoms with Gasteiger partial charge in [0.2, 0.25) is 0 Å². The van der Waals surface area contributed by atoms with Crippen LogP contribution in [0.5, 0.6) is 5.75 Å². The number of carboxylic acid groups (broad SMARTS) is 1. The third-order valence-corrected chi connectivity index (χ3v) is 3.71. The molecule has 0 saturated heterocycles. The summed E-state index contributed by atoms with van der Waals surface area (Å²) < 4.78 is 7.47. The maximum atomic E-state index is 10.9. The molecule has 0 aliphatic carbocycles. The summed E-state index contributed by atoms with van der Waals surface area (Å²) in [4.78, 5) is 10.9. The van der Waals surface area contributed by atoms with Gasteiger partial charge in [0.25, 0.3) is 0 Å². The van der Waals surface area contributed by atoms with Gasteiger partial charge in [0.1, 0.15) is 5.75 Å². The molecule has 102 valence electrons. The molecule has 0 aliphatic rings. The summed E-state index contributed by atoms with van der Waals surface area (Å²) in [5, 5.41) is 10.1. The van der Waals surface area contributed by atoms with Crippen molar-refractivity contribution < 1.29 is 14.6 Å². The van der Waals surface area contributed by atoms with Gasteiger partial charge in [0.05, 0.1) is 19.0 Å². The van der Waals surface area contributed by atoms with Crippen LogP contribution in [-0.2, 0) is 11.8 Å². The molecule has 1 atom stereocenters. The smallest absolute Gasteiger partial charge is 0.303 e. The van der Waals surface area contributed by atoms with E-state index < -0.39 is 5.97 Å². The molecule has 0 aliphatic heterocycles. The van der Waals surface area contributed by atoms with E-state index in [1.807, 2.05) is 39.1 Å². The second-order valence-corrected chi connectivity index (χ2v) is 4.91. The first-order chi connectivity index (χ1) is 8.97. The molecule has 0 bridgehead atoms. The number of aryl methyl sites for hydroxylation is 1. The Kier molecular flexibility index (Phi) is 3.51. The summed E-state index contributed by atoms with van der Waals surface area (Å²) in [5.41, 5.74) is 3.21. The molecule has 0 amide bonds. The Morgan fingerprint density at radius 1 is 1.47 bits per heavy atom. The van der Waals surface area contributed by atoms with Gasteiger partial charge in [-0.15, -0.1) is 0 Å². The highest BCUT2D eigenvalue weighted by molar-refractivity contribution is 5.91. The quantitative estimate of drug-likeness (QED) is 0.920. The molecular weight excluding hydrogens is 242 g/mol. The van der Waals surface area contributed by atoms with Crippen molar-refractivity contribution in [3.8, 4) is 5.75 Å². The Morgan fingerprint density at radius 3 is 2.74 bits per heavy atom. The fourth-order valence-electron chi connectivity index (χ4n) is 2.78. The lowest BCUT2D eigenvalue weighted by molar-refractivity contribution is -0.137. The zero-order chi connectivity index (χ0) is 14.2. The molecule has 19 heavy (non-hydrogen) atoms. The molecule has 0 fully saturated rings. The predicted molar refractivity (Wildman–Crippen MR) is 74.9 cm³/mol. The number of aromatic nitrogens is 1. The molecule has 4 heteroatoms. The first-order valence-corrected chi connectivity index (χ1v) is 6.31. The van der Waals surface area contributed by atoms with Crippen molar-refractivity contribution in [3.05, 3.63) is 29.5 Å². The lowest BCUT2D eigenvalue weighted by Gasteiger charge is -2.09. The van der Waals surface area contributed by atoms with E-state index in [1.54, 1.807) is 7.11 Å². The van der Waals surface area contributed by atoms with Crippen LogP contribution in [0.25, 0.3) is 10.9 Å². The van der Waals surface area contributed by atoms with Crippen molar-refractivity contribution in [2.24, 2.45) is 7.05 Å². The minimum Gasteiger partial charge on any atom is -0.495 e. The number of para-hydroxylation sites is 1. The number of aliphatic carboxylic acids is 1. The Morgan fingerprint density at radius 2 is 2.16 bits per heavy atom. The first kappa shape index (κ1) is 13.5. The van der Waals surface area contributed by atoms with Gasteiger partial charge < -0.3 is 14.4 Å². The van der Waals surface area contributed by atoms with Crippen molar-refractivity contribution in [2.45, 2.75) is 26.2 Å². The summed E-state index contributed by atoms with van der Waals surface area (Å²) in [6, 6.07) is 5.89. The SMILES string of the molecule is COc1cccc2c(C(C)CC(=O)O)c(C)n(C)c12. The average Bonchev–Trinajstić information content (AvgIpc) is 2.61. The van der Waals surface area contributed by atoms with Gasteiger partial charge in [0, 0.05) is 18.1 Å². The van der Waals surface area contributed by atoms with Crippen LogP contribution in [0, 0.1) is 6.92 Å². The minimum absolute atomic E-state index is 0.0201. The van der Waals surface area contributed by atoms with Gasteiger partial charge in [0.15, 0.2) is 0 Å². The second kappa shape index (κ2) is 4.96. The number of benzene rings is 1. The topological polar surface area (TPSA) is 51.5 Å². The lowest BCUT2D eigenvalue weighted by Crippen LogP contribution is -2.04. The molecule has 1 aromatic carbocycles. The minimum atomic E-state index is -0.771. The van der Waals surface area contributed by atoms with Crippen molar-refractivity contribution in [3.63, 3.8) is 0 Å². The van der Waals surface area contributed by atoms with E-state index in [1.165, 1.54) is 0 Å². The van der Waals surface area contributed by atoms with Crippen molar-refractivity contribution in [2.75, 3.05) is 7.11 Å². The number of fused-ring (bicyclic) bond motifs is 1. The van der Waals surface area contributed by atoms with Crippen LogP contribution in [0.3, 0.4) is 0 Å². The highest BCUT2D eigenvalue weighted by atomic mass is 16.5. The number of hydrogen-bond donors (Lipinski definition) is 1. The summed E-state index contributed by atoms with van der Waals surface area (Å²) in [5.74, 6) is 0.0250. The number of carbonyl (C=O) groups is 1. The molecule has 1 heterocycles. The molecule has 1 aromatic heterocycles. The average molecular weight is 261 g/mol. The van der Waals surface area contributed by atoms with Crippen LogP contribution in [-0.4, -0.2) is 22.8 Å². The molecule has 2 aromatic rings. The summed E-state index contributed by atoms with van der Waals surface area (Å²) in [6.07, 6.45) is 0.136. The summed E-state index contributed by atoms with van der Waals surface area (Å²) >= 11 is 0. The number of methoxy groups -OCH3 is 1. The van der Waals surface area contributed by atoms with Gasteiger partial charge in [-0.05, 0) is 24.5 Å². The van der Waals surface area contributed by atoms with Gasteiger partial charge in [-0.25, -0.2) is 0 Å². The normalized spacial score (nSPS) is 12.6. The van der Waals surface area contributed by atoms with Crippen molar-refractivity contribution >= 4 is 16.9 Å². The predicted octanol–water partition coefficient (Wildman–Crippen LogP) is 3.07. The highest BCUT2D eigenvalue weighted by Gasteiger charge is 2.21. The highest BCUT2D eigenvalue weighted by Crippen LogP contribution is 2.36.